The summed E-state index contributed by atoms with van der Waals surface area (Å²) in [6.45, 7) is 4.16. The van der Waals surface area contributed by atoms with Crippen LogP contribution in [0, 0.1) is 0 Å². The van der Waals surface area contributed by atoms with E-state index in [0.29, 0.717) is 46.7 Å². The van der Waals surface area contributed by atoms with Crippen LogP contribution < -0.4 is 9.47 Å². The summed E-state index contributed by atoms with van der Waals surface area (Å²) in [5.74, 6) is 1.21. The standard InChI is InChI=1S/C25H26N2O5S/c1-4-31-24(29)22-16(2)26-25-27(21(28)12-13-33-25)23(22)18-10-11-19(20(14-18)30-3)32-15-17-8-6-5-7-9-17/h5-11,14,23H,4,12-13,15H2,1-3H3. The fourth-order valence-electron chi connectivity index (χ4n) is 3.89. The number of methoxy groups -OCH3 is 1. The minimum absolute atomic E-state index is 0.0739. The van der Waals surface area contributed by atoms with Gasteiger partial charge >= 0.3 is 5.97 Å². The number of benzene rings is 2. The normalized spacial score (nSPS) is 17.9. The van der Waals surface area contributed by atoms with E-state index in [1.807, 2.05) is 48.5 Å². The Kier molecular flexibility index (Phi) is 7.03. The third kappa shape index (κ3) is 4.75. The number of esters is 1. The number of ether oxygens (including phenoxy) is 3. The highest BCUT2D eigenvalue weighted by Gasteiger charge is 2.41. The van der Waals surface area contributed by atoms with E-state index in [0.717, 1.165) is 11.1 Å². The zero-order chi connectivity index (χ0) is 23.4. The van der Waals surface area contributed by atoms with E-state index in [9.17, 15) is 9.59 Å². The first-order valence-corrected chi connectivity index (χ1v) is 11.8. The second-order valence-corrected chi connectivity index (χ2v) is 8.63. The third-order valence-electron chi connectivity index (χ3n) is 5.44. The van der Waals surface area contributed by atoms with Gasteiger partial charge in [-0.15, -0.1) is 0 Å². The van der Waals surface area contributed by atoms with Crippen LogP contribution >= 0.6 is 11.8 Å². The average molecular weight is 467 g/mol. The lowest BCUT2D eigenvalue weighted by Crippen LogP contribution is -2.45. The molecular weight excluding hydrogens is 440 g/mol. The zero-order valence-corrected chi connectivity index (χ0v) is 19.7. The molecule has 2 aromatic carbocycles. The molecule has 7 nitrogen and oxygen atoms in total. The van der Waals surface area contributed by atoms with Gasteiger partial charge in [0.1, 0.15) is 6.61 Å². The quantitative estimate of drug-likeness (QED) is 0.560. The smallest absolute Gasteiger partial charge is 0.338 e. The summed E-state index contributed by atoms with van der Waals surface area (Å²) in [5.41, 5.74) is 2.67. The fraction of sp³-hybridized carbons (Fsp3) is 0.320. The highest BCUT2D eigenvalue weighted by molar-refractivity contribution is 8.14. The molecule has 1 unspecified atom stereocenters. The van der Waals surface area contributed by atoms with E-state index < -0.39 is 12.0 Å². The van der Waals surface area contributed by atoms with Crippen molar-refractivity contribution in [1.29, 1.82) is 0 Å². The molecule has 2 heterocycles. The molecule has 0 radical (unpaired) electrons. The first kappa shape index (κ1) is 22.9. The van der Waals surface area contributed by atoms with Crippen LogP contribution in [0.5, 0.6) is 11.5 Å². The van der Waals surface area contributed by atoms with Crippen molar-refractivity contribution in [3.8, 4) is 11.5 Å². The minimum atomic E-state index is -0.645. The topological polar surface area (TPSA) is 77.4 Å². The maximum Gasteiger partial charge on any atom is 0.338 e. The molecule has 0 spiro atoms. The fourth-order valence-corrected chi connectivity index (χ4v) is 4.90. The molecule has 1 saturated heterocycles. The van der Waals surface area contributed by atoms with Gasteiger partial charge < -0.3 is 14.2 Å². The van der Waals surface area contributed by atoms with Crippen LogP contribution in [0.3, 0.4) is 0 Å². The number of carbonyl (C=O) groups excluding carboxylic acids is 2. The summed E-state index contributed by atoms with van der Waals surface area (Å²) in [4.78, 5) is 32.0. The van der Waals surface area contributed by atoms with Crippen molar-refractivity contribution in [2.45, 2.75) is 32.9 Å². The van der Waals surface area contributed by atoms with E-state index in [4.69, 9.17) is 14.2 Å². The number of nitrogens with zero attached hydrogens (tertiary/aromatic N) is 2. The monoisotopic (exact) mass is 466 g/mol. The van der Waals surface area contributed by atoms with Gasteiger partial charge in [0.05, 0.1) is 31.0 Å². The van der Waals surface area contributed by atoms with Crippen molar-refractivity contribution in [3.63, 3.8) is 0 Å². The van der Waals surface area contributed by atoms with Gasteiger partial charge in [0.25, 0.3) is 0 Å². The molecule has 1 amide bonds. The number of hydrogen-bond acceptors (Lipinski definition) is 7. The lowest BCUT2D eigenvalue weighted by Gasteiger charge is -2.39. The van der Waals surface area contributed by atoms with Crippen LogP contribution in [-0.4, -0.2) is 41.4 Å². The van der Waals surface area contributed by atoms with Gasteiger partial charge in [-0.3, -0.25) is 9.69 Å². The van der Waals surface area contributed by atoms with Crippen LogP contribution in [-0.2, 0) is 20.9 Å². The number of amidine groups is 1. The molecular formula is C25H26N2O5S. The largest absolute Gasteiger partial charge is 0.493 e. The van der Waals surface area contributed by atoms with Gasteiger partial charge in [0, 0.05) is 12.2 Å². The predicted molar refractivity (Wildman–Crippen MR) is 127 cm³/mol. The Morgan fingerprint density at radius 2 is 1.97 bits per heavy atom. The number of aliphatic imine (C=N–C) groups is 1. The summed E-state index contributed by atoms with van der Waals surface area (Å²) in [7, 11) is 1.57. The molecule has 8 heteroatoms. The molecule has 0 saturated carbocycles. The van der Waals surface area contributed by atoms with Crippen LogP contribution in [0.25, 0.3) is 0 Å². The number of hydrogen-bond donors (Lipinski definition) is 0. The molecule has 0 bridgehead atoms. The highest BCUT2D eigenvalue weighted by Crippen LogP contribution is 2.42. The van der Waals surface area contributed by atoms with Gasteiger partial charge in [-0.05, 0) is 37.1 Å². The van der Waals surface area contributed by atoms with Gasteiger partial charge in [-0.2, -0.15) is 0 Å². The molecule has 4 rings (SSSR count). The molecule has 172 valence electrons. The second kappa shape index (κ2) is 10.1. The molecule has 33 heavy (non-hydrogen) atoms. The highest BCUT2D eigenvalue weighted by atomic mass is 32.2. The SMILES string of the molecule is CCOC(=O)C1=C(C)N=C2SCCC(=O)N2C1c1ccc(OCc2ccccc2)c(OC)c1. The van der Waals surface area contributed by atoms with Crippen molar-refractivity contribution >= 4 is 28.8 Å². The Morgan fingerprint density at radius 3 is 2.70 bits per heavy atom. The van der Waals surface area contributed by atoms with E-state index in [1.54, 1.807) is 25.9 Å². The zero-order valence-electron chi connectivity index (χ0n) is 18.9. The molecule has 0 N–H and O–H groups in total. The molecule has 2 aliphatic heterocycles. The van der Waals surface area contributed by atoms with Crippen molar-refractivity contribution in [3.05, 3.63) is 70.9 Å². The summed E-state index contributed by atoms with van der Waals surface area (Å²) in [6, 6.07) is 14.7. The summed E-state index contributed by atoms with van der Waals surface area (Å²) in [5, 5.41) is 0.602. The van der Waals surface area contributed by atoms with Gasteiger partial charge in [-0.1, -0.05) is 48.2 Å². The molecule has 0 aromatic heterocycles. The Labute approximate surface area is 197 Å². The first-order valence-electron chi connectivity index (χ1n) is 10.8. The van der Waals surface area contributed by atoms with E-state index in [1.165, 1.54) is 11.8 Å². The molecule has 2 aliphatic rings. The number of rotatable bonds is 7. The maximum absolute atomic E-state index is 12.9. The summed E-state index contributed by atoms with van der Waals surface area (Å²) < 4.78 is 16.9. The number of fused-ring (bicyclic) bond motifs is 1. The lowest BCUT2D eigenvalue weighted by atomic mass is 9.94. The Morgan fingerprint density at radius 1 is 1.18 bits per heavy atom. The van der Waals surface area contributed by atoms with Crippen LogP contribution in [0.4, 0.5) is 0 Å². The predicted octanol–water partition coefficient (Wildman–Crippen LogP) is 4.49. The first-order chi connectivity index (χ1) is 16.0. The third-order valence-corrected chi connectivity index (χ3v) is 6.40. The van der Waals surface area contributed by atoms with Crippen LogP contribution in [0.2, 0.25) is 0 Å². The van der Waals surface area contributed by atoms with Gasteiger partial charge in [0.15, 0.2) is 16.7 Å². The summed E-state index contributed by atoms with van der Waals surface area (Å²) >= 11 is 1.51. The molecule has 1 atom stereocenters. The Balaban J connectivity index is 1.71. The Bertz CT molecular complexity index is 1110. The molecule has 1 fully saturated rings. The maximum atomic E-state index is 12.9. The lowest BCUT2D eigenvalue weighted by molar-refractivity contribution is -0.139. The van der Waals surface area contributed by atoms with Gasteiger partial charge in [0.2, 0.25) is 5.91 Å². The average Bonchev–Trinajstić information content (AvgIpc) is 2.82. The number of thioether (sulfide) groups is 1. The van der Waals surface area contributed by atoms with Gasteiger partial charge in [-0.25, -0.2) is 9.79 Å². The van der Waals surface area contributed by atoms with Crippen LogP contribution in [0.15, 0.2) is 64.8 Å². The second-order valence-electron chi connectivity index (χ2n) is 7.56. The van der Waals surface area contributed by atoms with E-state index in [-0.39, 0.29) is 12.5 Å². The van der Waals surface area contributed by atoms with Crippen LogP contribution in [0.1, 0.15) is 37.4 Å². The van der Waals surface area contributed by atoms with E-state index >= 15 is 0 Å². The number of amides is 1. The van der Waals surface area contributed by atoms with Crippen molar-refractivity contribution in [1.82, 2.24) is 4.90 Å². The van der Waals surface area contributed by atoms with Crippen molar-refractivity contribution in [2.24, 2.45) is 4.99 Å². The number of allylic oxidation sites excluding steroid dienone is 1. The molecule has 0 aliphatic carbocycles. The van der Waals surface area contributed by atoms with E-state index in [2.05, 4.69) is 4.99 Å². The Hall–Kier alpha value is -3.26. The summed E-state index contributed by atoms with van der Waals surface area (Å²) in [6.07, 6.45) is 0.380. The minimum Gasteiger partial charge on any atom is -0.493 e. The van der Waals surface area contributed by atoms with Crippen molar-refractivity contribution in [2.75, 3.05) is 19.5 Å². The van der Waals surface area contributed by atoms with Crippen molar-refractivity contribution < 1.29 is 23.8 Å². The number of carbonyl (C=O) groups is 2. The molecule has 2 aromatic rings.